The quantitative estimate of drug-likeness (QED) is 0.736. The van der Waals surface area contributed by atoms with Crippen LogP contribution in [0.2, 0.25) is 0 Å². The van der Waals surface area contributed by atoms with E-state index in [0.717, 1.165) is 19.3 Å². The van der Waals surface area contributed by atoms with Crippen LogP contribution in [0.4, 0.5) is 4.79 Å². The standard InChI is InChI=1S/C13H22N2O4/c16-12(17)11-6-3-8-15(11)13(18)14-7-9-19-10-4-1-2-5-10/h10-11H,1-9H2,(H,14,18)(H,16,17). The van der Waals surface area contributed by atoms with Crippen LogP contribution in [-0.4, -0.2) is 53.8 Å². The number of hydrogen-bond donors (Lipinski definition) is 2. The molecule has 6 nitrogen and oxygen atoms in total. The first-order chi connectivity index (χ1) is 9.18. The van der Waals surface area contributed by atoms with Crippen LogP contribution in [0.5, 0.6) is 0 Å². The van der Waals surface area contributed by atoms with Crippen molar-refractivity contribution in [2.45, 2.75) is 50.7 Å². The SMILES string of the molecule is O=C(O)C1CCCN1C(=O)NCCOC1CCCC1. The van der Waals surface area contributed by atoms with Crippen LogP contribution in [0.25, 0.3) is 0 Å². The smallest absolute Gasteiger partial charge is 0.326 e. The second-order valence-corrected chi connectivity index (χ2v) is 5.20. The molecule has 2 aliphatic rings. The summed E-state index contributed by atoms with van der Waals surface area (Å²) in [5, 5.41) is 11.7. The zero-order valence-corrected chi connectivity index (χ0v) is 11.1. The molecule has 2 amide bonds. The van der Waals surface area contributed by atoms with Gasteiger partial charge in [0.1, 0.15) is 6.04 Å². The molecule has 0 aromatic rings. The lowest BCUT2D eigenvalue weighted by Gasteiger charge is -2.22. The molecule has 108 valence electrons. The number of hydrogen-bond acceptors (Lipinski definition) is 3. The van der Waals surface area contributed by atoms with E-state index < -0.39 is 12.0 Å². The fourth-order valence-corrected chi connectivity index (χ4v) is 2.81. The summed E-state index contributed by atoms with van der Waals surface area (Å²) in [5.41, 5.74) is 0. The number of carboxylic acid groups (broad SMARTS) is 1. The van der Waals surface area contributed by atoms with Crippen molar-refractivity contribution in [2.75, 3.05) is 19.7 Å². The zero-order valence-electron chi connectivity index (χ0n) is 11.1. The van der Waals surface area contributed by atoms with Crippen LogP contribution in [0.1, 0.15) is 38.5 Å². The molecule has 1 atom stereocenters. The van der Waals surface area contributed by atoms with Gasteiger partial charge >= 0.3 is 12.0 Å². The van der Waals surface area contributed by atoms with Crippen molar-refractivity contribution in [3.8, 4) is 0 Å². The predicted molar refractivity (Wildman–Crippen MR) is 69.0 cm³/mol. The molecule has 0 spiro atoms. The Bertz CT molecular complexity index is 329. The molecule has 0 bridgehead atoms. The highest BCUT2D eigenvalue weighted by Crippen LogP contribution is 2.20. The lowest BCUT2D eigenvalue weighted by atomic mass is 10.2. The molecule has 1 aliphatic heterocycles. The number of ether oxygens (including phenoxy) is 1. The third-order valence-electron chi connectivity index (χ3n) is 3.83. The van der Waals surface area contributed by atoms with Gasteiger partial charge in [-0.3, -0.25) is 0 Å². The molecule has 1 aliphatic carbocycles. The van der Waals surface area contributed by atoms with Crippen molar-refractivity contribution < 1.29 is 19.4 Å². The van der Waals surface area contributed by atoms with E-state index >= 15 is 0 Å². The van der Waals surface area contributed by atoms with Crippen LogP contribution in [0, 0.1) is 0 Å². The topological polar surface area (TPSA) is 78.9 Å². The molecule has 0 aromatic heterocycles. The summed E-state index contributed by atoms with van der Waals surface area (Å²) in [5.74, 6) is -0.921. The van der Waals surface area contributed by atoms with Crippen molar-refractivity contribution in [3.05, 3.63) is 0 Å². The van der Waals surface area contributed by atoms with Gasteiger partial charge in [0, 0.05) is 13.1 Å². The van der Waals surface area contributed by atoms with Crippen molar-refractivity contribution in [3.63, 3.8) is 0 Å². The lowest BCUT2D eigenvalue weighted by molar-refractivity contribution is -0.141. The molecular weight excluding hydrogens is 248 g/mol. The van der Waals surface area contributed by atoms with Gasteiger partial charge in [-0.15, -0.1) is 0 Å². The number of nitrogens with one attached hydrogen (secondary N) is 1. The van der Waals surface area contributed by atoms with E-state index in [1.54, 1.807) is 0 Å². The van der Waals surface area contributed by atoms with E-state index in [1.807, 2.05) is 0 Å². The number of likely N-dealkylation sites (tertiary alicyclic amines) is 1. The van der Waals surface area contributed by atoms with Crippen molar-refractivity contribution >= 4 is 12.0 Å². The minimum absolute atomic E-state index is 0.292. The summed E-state index contributed by atoms with van der Waals surface area (Å²) < 4.78 is 5.64. The van der Waals surface area contributed by atoms with E-state index in [4.69, 9.17) is 9.84 Å². The van der Waals surface area contributed by atoms with Crippen LogP contribution in [0.15, 0.2) is 0 Å². The first kappa shape index (κ1) is 14.1. The van der Waals surface area contributed by atoms with E-state index in [1.165, 1.54) is 17.7 Å². The van der Waals surface area contributed by atoms with Crippen LogP contribution in [-0.2, 0) is 9.53 Å². The Hall–Kier alpha value is -1.30. The number of aliphatic carboxylic acids is 1. The number of rotatable bonds is 5. The van der Waals surface area contributed by atoms with Gasteiger partial charge in [0.05, 0.1) is 12.7 Å². The second-order valence-electron chi connectivity index (χ2n) is 5.20. The molecule has 1 saturated carbocycles. The number of amides is 2. The van der Waals surface area contributed by atoms with E-state index in [-0.39, 0.29) is 6.03 Å². The van der Waals surface area contributed by atoms with Crippen LogP contribution >= 0.6 is 0 Å². The van der Waals surface area contributed by atoms with Crippen LogP contribution in [0.3, 0.4) is 0 Å². The summed E-state index contributed by atoms with van der Waals surface area (Å²) in [6.45, 7) is 1.46. The Morgan fingerprint density at radius 2 is 1.95 bits per heavy atom. The van der Waals surface area contributed by atoms with Gasteiger partial charge in [0.25, 0.3) is 0 Å². The minimum Gasteiger partial charge on any atom is -0.480 e. The summed E-state index contributed by atoms with van der Waals surface area (Å²) in [4.78, 5) is 24.2. The molecule has 1 unspecified atom stereocenters. The fraction of sp³-hybridized carbons (Fsp3) is 0.846. The van der Waals surface area contributed by atoms with Gasteiger partial charge in [0.15, 0.2) is 0 Å². The molecular formula is C13H22N2O4. The number of urea groups is 1. The summed E-state index contributed by atoms with van der Waals surface area (Å²) in [7, 11) is 0. The average molecular weight is 270 g/mol. The maximum absolute atomic E-state index is 11.9. The molecule has 6 heteroatoms. The van der Waals surface area contributed by atoms with Gasteiger partial charge < -0.3 is 20.1 Å². The highest BCUT2D eigenvalue weighted by atomic mass is 16.5. The zero-order chi connectivity index (χ0) is 13.7. The maximum atomic E-state index is 11.9. The minimum atomic E-state index is -0.921. The monoisotopic (exact) mass is 270 g/mol. The molecule has 2 rings (SSSR count). The molecule has 19 heavy (non-hydrogen) atoms. The van der Waals surface area contributed by atoms with Gasteiger partial charge in [-0.05, 0) is 25.7 Å². The van der Waals surface area contributed by atoms with Gasteiger partial charge in [-0.1, -0.05) is 12.8 Å². The Morgan fingerprint density at radius 1 is 1.21 bits per heavy atom. The highest BCUT2D eigenvalue weighted by Gasteiger charge is 2.33. The molecule has 2 N–H and O–H groups in total. The van der Waals surface area contributed by atoms with E-state index in [2.05, 4.69) is 5.32 Å². The Morgan fingerprint density at radius 3 is 2.63 bits per heavy atom. The third-order valence-corrected chi connectivity index (χ3v) is 3.83. The molecule has 1 heterocycles. The Balaban J connectivity index is 1.64. The van der Waals surface area contributed by atoms with Crippen molar-refractivity contribution in [1.29, 1.82) is 0 Å². The van der Waals surface area contributed by atoms with Crippen LogP contribution < -0.4 is 5.32 Å². The Labute approximate surface area is 113 Å². The first-order valence-corrected chi connectivity index (χ1v) is 7.07. The summed E-state index contributed by atoms with van der Waals surface area (Å²) in [6.07, 6.45) is 6.32. The highest BCUT2D eigenvalue weighted by molar-refractivity contribution is 5.83. The maximum Gasteiger partial charge on any atom is 0.326 e. The fourth-order valence-electron chi connectivity index (χ4n) is 2.81. The third kappa shape index (κ3) is 3.83. The molecule has 0 radical (unpaired) electrons. The summed E-state index contributed by atoms with van der Waals surface area (Å²) >= 11 is 0. The lowest BCUT2D eigenvalue weighted by Crippen LogP contribution is -2.46. The molecule has 1 saturated heterocycles. The van der Waals surface area contributed by atoms with Gasteiger partial charge in [-0.2, -0.15) is 0 Å². The Kier molecular flexibility index (Phi) is 5.01. The van der Waals surface area contributed by atoms with E-state index in [9.17, 15) is 9.59 Å². The normalized spacial score (nSPS) is 23.8. The predicted octanol–water partition coefficient (Wildman–Crippen LogP) is 1.20. The molecule has 0 aromatic carbocycles. The van der Waals surface area contributed by atoms with Gasteiger partial charge in [-0.25, -0.2) is 9.59 Å². The summed E-state index contributed by atoms with van der Waals surface area (Å²) in [6, 6.07) is -0.962. The van der Waals surface area contributed by atoms with Gasteiger partial charge in [0.2, 0.25) is 0 Å². The van der Waals surface area contributed by atoms with Crippen molar-refractivity contribution in [2.24, 2.45) is 0 Å². The van der Waals surface area contributed by atoms with E-state index in [0.29, 0.717) is 32.2 Å². The average Bonchev–Trinajstić information content (AvgIpc) is 3.04. The molecule has 2 fully saturated rings. The first-order valence-electron chi connectivity index (χ1n) is 7.07. The number of nitrogens with zero attached hydrogens (tertiary/aromatic N) is 1. The largest absolute Gasteiger partial charge is 0.480 e. The number of carboxylic acids is 1. The number of carbonyl (C=O) groups excluding carboxylic acids is 1. The number of carbonyl (C=O) groups is 2. The van der Waals surface area contributed by atoms with Crippen molar-refractivity contribution in [1.82, 2.24) is 10.2 Å². The second kappa shape index (κ2) is 6.75.